The molecule has 1 aliphatic carbocycles. The van der Waals surface area contributed by atoms with Crippen LogP contribution in [0.5, 0.6) is 5.75 Å². The van der Waals surface area contributed by atoms with Gasteiger partial charge in [0.2, 0.25) is 5.91 Å². The van der Waals surface area contributed by atoms with E-state index in [4.69, 9.17) is 22.7 Å². The molecule has 3 N–H and O–H groups in total. The van der Waals surface area contributed by atoms with E-state index in [2.05, 4.69) is 5.32 Å². The van der Waals surface area contributed by atoms with Crippen molar-refractivity contribution in [3.63, 3.8) is 0 Å². The number of carbonyl (C=O) groups excluding carboxylic acids is 1. The highest BCUT2D eigenvalue weighted by Crippen LogP contribution is 2.40. The van der Waals surface area contributed by atoms with E-state index in [0.29, 0.717) is 18.5 Å². The molecule has 0 radical (unpaired) electrons. The van der Waals surface area contributed by atoms with Crippen molar-refractivity contribution < 1.29 is 13.9 Å². The molecule has 2 rings (SSSR count). The van der Waals surface area contributed by atoms with Crippen LogP contribution in [0.2, 0.25) is 0 Å². The molecule has 1 aromatic rings. The molecule has 4 nitrogen and oxygen atoms in total. The van der Waals surface area contributed by atoms with Crippen LogP contribution in [0.15, 0.2) is 18.2 Å². The number of ether oxygens (including phenoxy) is 1. The van der Waals surface area contributed by atoms with E-state index in [1.165, 1.54) is 25.3 Å². The molecule has 0 unspecified atom stereocenters. The van der Waals surface area contributed by atoms with Crippen molar-refractivity contribution in [1.29, 1.82) is 0 Å². The summed E-state index contributed by atoms with van der Waals surface area (Å²) >= 11 is 5.07. The molecule has 0 saturated heterocycles. The summed E-state index contributed by atoms with van der Waals surface area (Å²) < 4.78 is 18.2. The van der Waals surface area contributed by atoms with Gasteiger partial charge in [-0.3, -0.25) is 4.79 Å². The molecule has 1 saturated carbocycles. The first-order chi connectivity index (χ1) is 9.49. The lowest BCUT2D eigenvalue weighted by Crippen LogP contribution is -2.44. The fourth-order valence-electron chi connectivity index (χ4n) is 2.57. The Morgan fingerprint density at radius 1 is 1.45 bits per heavy atom. The van der Waals surface area contributed by atoms with E-state index in [1.807, 2.05) is 0 Å². The Morgan fingerprint density at radius 3 is 2.65 bits per heavy atom. The monoisotopic (exact) mass is 296 g/mol. The van der Waals surface area contributed by atoms with Crippen molar-refractivity contribution >= 4 is 28.8 Å². The Kier molecular flexibility index (Phi) is 4.23. The van der Waals surface area contributed by atoms with Gasteiger partial charge in [-0.2, -0.15) is 0 Å². The molecule has 6 heteroatoms. The van der Waals surface area contributed by atoms with Crippen molar-refractivity contribution in [3.05, 3.63) is 24.0 Å². The summed E-state index contributed by atoms with van der Waals surface area (Å²) in [7, 11) is 1.42. The summed E-state index contributed by atoms with van der Waals surface area (Å²) in [5.41, 5.74) is 5.38. The van der Waals surface area contributed by atoms with Gasteiger partial charge in [0.25, 0.3) is 0 Å². The fourth-order valence-corrected chi connectivity index (χ4v) is 2.87. The van der Waals surface area contributed by atoms with Gasteiger partial charge in [-0.05, 0) is 25.0 Å². The largest absolute Gasteiger partial charge is 0.494 e. The molecule has 108 valence electrons. The first kappa shape index (κ1) is 14.7. The zero-order chi connectivity index (χ0) is 14.8. The Bertz CT molecular complexity index is 542. The van der Waals surface area contributed by atoms with E-state index in [-0.39, 0.29) is 16.6 Å². The highest BCUT2D eigenvalue weighted by molar-refractivity contribution is 7.80. The van der Waals surface area contributed by atoms with Gasteiger partial charge in [-0.1, -0.05) is 25.1 Å². The van der Waals surface area contributed by atoms with E-state index in [0.717, 1.165) is 12.8 Å². The van der Waals surface area contributed by atoms with E-state index in [9.17, 15) is 9.18 Å². The second-order valence-corrected chi connectivity index (χ2v) is 5.39. The Hall–Kier alpha value is -1.69. The van der Waals surface area contributed by atoms with Gasteiger partial charge >= 0.3 is 0 Å². The third-order valence-electron chi connectivity index (χ3n) is 3.78. The maximum Gasteiger partial charge on any atom is 0.237 e. The molecule has 20 heavy (non-hydrogen) atoms. The summed E-state index contributed by atoms with van der Waals surface area (Å²) in [6.45, 7) is 0. The first-order valence-electron chi connectivity index (χ1n) is 6.44. The van der Waals surface area contributed by atoms with Crippen LogP contribution >= 0.6 is 12.2 Å². The quantitative estimate of drug-likeness (QED) is 0.838. The number of carbonyl (C=O) groups is 1. The molecule has 0 bridgehead atoms. The normalized spacial score (nSPS) is 16.7. The minimum Gasteiger partial charge on any atom is -0.494 e. The number of nitrogens with two attached hydrogens (primary N) is 1. The third kappa shape index (κ3) is 2.60. The van der Waals surface area contributed by atoms with Crippen LogP contribution in [-0.4, -0.2) is 18.0 Å². The molecule has 1 amide bonds. The van der Waals surface area contributed by atoms with E-state index in [1.54, 1.807) is 0 Å². The smallest absolute Gasteiger partial charge is 0.237 e. The standard InChI is InChI=1S/C14H17FN2O2S/c1-19-11-8-9(15)4-5-10(11)17-13(18)14(12(16)20)6-2-3-7-14/h4-5,8H,2-3,6-7H2,1H3,(H2,16,20)(H,17,18). The summed E-state index contributed by atoms with van der Waals surface area (Å²) in [6, 6.07) is 3.95. The van der Waals surface area contributed by atoms with Crippen molar-refractivity contribution in [2.45, 2.75) is 25.7 Å². The van der Waals surface area contributed by atoms with Gasteiger partial charge in [0.1, 0.15) is 11.6 Å². The van der Waals surface area contributed by atoms with Crippen LogP contribution in [0.1, 0.15) is 25.7 Å². The zero-order valence-corrected chi connectivity index (χ0v) is 12.1. The lowest BCUT2D eigenvalue weighted by Gasteiger charge is -2.26. The van der Waals surface area contributed by atoms with Gasteiger partial charge in [0.15, 0.2) is 0 Å². The number of hydrogen-bond donors (Lipinski definition) is 2. The van der Waals surface area contributed by atoms with Crippen LogP contribution in [0, 0.1) is 11.2 Å². The molecule has 0 aromatic heterocycles. The van der Waals surface area contributed by atoms with E-state index < -0.39 is 11.2 Å². The number of rotatable bonds is 4. The highest BCUT2D eigenvalue weighted by atomic mass is 32.1. The number of hydrogen-bond acceptors (Lipinski definition) is 3. The van der Waals surface area contributed by atoms with Crippen LogP contribution in [0.4, 0.5) is 10.1 Å². The van der Waals surface area contributed by atoms with Crippen molar-refractivity contribution in [2.75, 3.05) is 12.4 Å². The third-order valence-corrected chi connectivity index (χ3v) is 4.17. The summed E-state index contributed by atoms with van der Waals surface area (Å²) in [5.74, 6) is -0.397. The van der Waals surface area contributed by atoms with Crippen LogP contribution in [0.25, 0.3) is 0 Å². The number of thiocarbonyl (C=S) groups is 1. The first-order valence-corrected chi connectivity index (χ1v) is 6.85. The minimum absolute atomic E-state index is 0.216. The maximum atomic E-state index is 13.1. The molecule has 1 aromatic carbocycles. The molecular weight excluding hydrogens is 279 g/mol. The van der Waals surface area contributed by atoms with Crippen molar-refractivity contribution in [1.82, 2.24) is 0 Å². The second-order valence-electron chi connectivity index (χ2n) is 4.95. The number of halogens is 1. The molecule has 0 heterocycles. The fraction of sp³-hybridized carbons (Fsp3) is 0.429. The Balaban J connectivity index is 2.25. The molecule has 1 aliphatic rings. The lowest BCUT2D eigenvalue weighted by molar-refractivity contribution is -0.122. The minimum atomic E-state index is -0.797. The second kappa shape index (κ2) is 5.75. The van der Waals surface area contributed by atoms with Gasteiger partial charge in [-0.25, -0.2) is 4.39 Å². The predicted molar refractivity (Wildman–Crippen MR) is 79.3 cm³/mol. The Labute approximate surface area is 122 Å². The maximum absolute atomic E-state index is 13.1. The van der Waals surface area contributed by atoms with Crippen molar-refractivity contribution in [2.24, 2.45) is 11.1 Å². The summed E-state index contributed by atoms with van der Waals surface area (Å²) in [4.78, 5) is 12.7. The number of methoxy groups -OCH3 is 1. The number of benzene rings is 1. The predicted octanol–water partition coefficient (Wildman–Crippen LogP) is 2.62. The van der Waals surface area contributed by atoms with Crippen LogP contribution in [0.3, 0.4) is 0 Å². The zero-order valence-electron chi connectivity index (χ0n) is 11.2. The molecular formula is C14H17FN2O2S. The van der Waals surface area contributed by atoms with Crippen LogP contribution < -0.4 is 15.8 Å². The topological polar surface area (TPSA) is 64.3 Å². The van der Waals surface area contributed by atoms with Gasteiger partial charge in [0.05, 0.1) is 23.2 Å². The number of nitrogens with one attached hydrogen (secondary N) is 1. The van der Waals surface area contributed by atoms with E-state index >= 15 is 0 Å². The van der Waals surface area contributed by atoms with Crippen molar-refractivity contribution in [3.8, 4) is 5.75 Å². The lowest BCUT2D eigenvalue weighted by atomic mass is 9.85. The average molecular weight is 296 g/mol. The molecule has 0 atom stereocenters. The highest BCUT2D eigenvalue weighted by Gasteiger charge is 2.44. The van der Waals surface area contributed by atoms with Gasteiger partial charge < -0.3 is 15.8 Å². The number of anilines is 1. The average Bonchev–Trinajstić information content (AvgIpc) is 2.91. The Morgan fingerprint density at radius 2 is 2.10 bits per heavy atom. The van der Waals surface area contributed by atoms with Crippen LogP contribution in [-0.2, 0) is 4.79 Å². The van der Waals surface area contributed by atoms with Gasteiger partial charge in [0, 0.05) is 6.07 Å². The number of amides is 1. The van der Waals surface area contributed by atoms with Gasteiger partial charge in [-0.15, -0.1) is 0 Å². The molecule has 0 aliphatic heterocycles. The molecule has 0 spiro atoms. The summed E-state index contributed by atoms with van der Waals surface area (Å²) in [5, 5.41) is 2.75. The molecule has 1 fully saturated rings. The SMILES string of the molecule is COc1cc(F)ccc1NC(=O)C1(C(N)=S)CCCC1. The summed E-state index contributed by atoms with van der Waals surface area (Å²) in [6.07, 6.45) is 3.14.